The zero-order valence-corrected chi connectivity index (χ0v) is 8.31. The first-order chi connectivity index (χ1) is 7.77. The van der Waals surface area contributed by atoms with Gasteiger partial charge in [-0.2, -0.15) is 5.26 Å². The molecule has 0 aliphatic rings. The maximum atomic E-state index is 12.9. The van der Waals surface area contributed by atoms with Gasteiger partial charge in [0.15, 0.2) is 0 Å². The first-order valence-corrected chi connectivity index (χ1v) is 4.47. The zero-order chi connectivity index (χ0) is 11.8. The first kappa shape index (κ1) is 11.6. The number of nitriles is 1. The molecular formula is C11H7FN4. The van der Waals surface area contributed by atoms with E-state index in [4.69, 9.17) is 10.8 Å². The summed E-state index contributed by atoms with van der Waals surface area (Å²) in [6.45, 7) is 0.265. The minimum absolute atomic E-state index is 0.265. The standard InChI is InChI=1S/C11H7FN4/c12-11-5-4-10(8-13)9(7-11)3-1-2-6-15-16-14/h4-5,7H,2,6H2. The Hall–Kier alpha value is -2.49. The number of rotatable bonds is 2. The van der Waals surface area contributed by atoms with E-state index < -0.39 is 5.82 Å². The first-order valence-electron chi connectivity index (χ1n) is 4.47. The summed E-state index contributed by atoms with van der Waals surface area (Å²) in [6, 6.07) is 5.72. The molecule has 5 heteroatoms. The number of hydrogen-bond acceptors (Lipinski definition) is 2. The van der Waals surface area contributed by atoms with Crippen LogP contribution < -0.4 is 0 Å². The molecule has 0 heterocycles. The minimum atomic E-state index is -0.432. The van der Waals surface area contributed by atoms with Crippen LogP contribution in [0.3, 0.4) is 0 Å². The molecule has 1 rings (SSSR count). The van der Waals surface area contributed by atoms with Crippen molar-refractivity contribution in [2.75, 3.05) is 6.54 Å². The van der Waals surface area contributed by atoms with E-state index in [-0.39, 0.29) is 6.54 Å². The van der Waals surface area contributed by atoms with Gasteiger partial charge in [-0.1, -0.05) is 17.0 Å². The lowest BCUT2D eigenvalue weighted by Gasteiger charge is -1.94. The van der Waals surface area contributed by atoms with Crippen molar-refractivity contribution < 1.29 is 4.39 Å². The van der Waals surface area contributed by atoms with Crippen molar-refractivity contribution in [3.8, 4) is 17.9 Å². The van der Waals surface area contributed by atoms with Crippen LogP contribution in [0, 0.1) is 29.0 Å². The SMILES string of the molecule is N#Cc1ccc(F)cc1C#CCCN=[N+]=[N-]. The molecule has 0 aromatic heterocycles. The van der Waals surface area contributed by atoms with Crippen LogP contribution in [0.25, 0.3) is 10.4 Å². The van der Waals surface area contributed by atoms with Gasteiger partial charge >= 0.3 is 0 Å². The third kappa shape index (κ3) is 3.34. The second-order valence-electron chi connectivity index (χ2n) is 2.81. The number of azide groups is 1. The number of benzene rings is 1. The van der Waals surface area contributed by atoms with Crippen LogP contribution in [0.2, 0.25) is 0 Å². The summed E-state index contributed by atoms with van der Waals surface area (Å²) in [5.41, 5.74) is 8.70. The Balaban J connectivity index is 2.83. The van der Waals surface area contributed by atoms with Gasteiger partial charge in [-0.3, -0.25) is 0 Å². The normalized spacial score (nSPS) is 8.25. The van der Waals surface area contributed by atoms with Gasteiger partial charge in [-0.25, -0.2) is 4.39 Å². The largest absolute Gasteiger partial charge is 0.207 e. The van der Waals surface area contributed by atoms with E-state index in [1.54, 1.807) is 0 Å². The third-order valence-corrected chi connectivity index (χ3v) is 1.73. The highest BCUT2D eigenvalue weighted by atomic mass is 19.1. The van der Waals surface area contributed by atoms with Gasteiger partial charge in [0.25, 0.3) is 0 Å². The number of halogens is 1. The molecule has 78 valence electrons. The van der Waals surface area contributed by atoms with Gasteiger partial charge < -0.3 is 0 Å². The molecule has 0 spiro atoms. The van der Waals surface area contributed by atoms with E-state index in [1.807, 2.05) is 6.07 Å². The Bertz CT molecular complexity index is 527. The number of hydrogen-bond donors (Lipinski definition) is 0. The Morgan fingerprint density at radius 1 is 1.44 bits per heavy atom. The predicted molar refractivity (Wildman–Crippen MR) is 56.6 cm³/mol. The minimum Gasteiger partial charge on any atom is -0.207 e. The fourth-order valence-corrected chi connectivity index (χ4v) is 1.03. The van der Waals surface area contributed by atoms with Gasteiger partial charge in [0.05, 0.1) is 5.56 Å². The highest BCUT2D eigenvalue weighted by Crippen LogP contribution is 2.08. The molecule has 0 amide bonds. The van der Waals surface area contributed by atoms with Crippen LogP contribution in [0.1, 0.15) is 17.5 Å². The third-order valence-electron chi connectivity index (χ3n) is 1.73. The van der Waals surface area contributed by atoms with E-state index in [9.17, 15) is 4.39 Å². The second kappa shape index (κ2) is 6.08. The Morgan fingerprint density at radius 3 is 2.94 bits per heavy atom. The fraction of sp³-hybridized carbons (Fsp3) is 0.182. The van der Waals surface area contributed by atoms with Crippen LogP contribution in [-0.4, -0.2) is 6.54 Å². The summed E-state index contributed by atoms with van der Waals surface area (Å²) < 4.78 is 12.9. The van der Waals surface area contributed by atoms with Crippen LogP contribution in [0.15, 0.2) is 23.3 Å². The average molecular weight is 214 g/mol. The van der Waals surface area contributed by atoms with Crippen LogP contribution in [0.5, 0.6) is 0 Å². The highest BCUT2D eigenvalue weighted by Gasteiger charge is 1.99. The molecule has 0 N–H and O–H groups in total. The molecule has 16 heavy (non-hydrogen) atoms. The molecular weight excluding hydrogens is 207 g/mol. The van der Waals surface area contributed by atoms with Crippen LogP contribution >= 0.6 is 0 Å². The predicted octanol–water partition coefficient (Wildman–Crippen LogP) is 2.75. The highest BCUT2D eigenvalue weighted by molar-refractivity contribution is 5.47. The lowest BCUT2D eigenvalue weighted by molar-refractivity contribution is 0.627. The molecule has 0 saturated carbocycles. The molecule has 0 radical (unpaired) electrons. The molecule has 0 bridgehead atoms. The molecule has 1 aromatic rings. The number of nitrogens with zero attached hydrogens (tertiary/aromatic N) is 4. The summed E-state index contributed by atoms with van der Waals surface area (Å²) in [4.78, 5) is 2.57. The average Bonchev–Trinajstić information content (AvgIpc) is 2.29. The maximum absolute atomic E-state index is 12.9. The van der Waals surface area contributed by atoms with E-state index in [1.165, 1.54) is 18.2 Å². The van der Waals surface area contributed by atoms with E-state index in [2.05, 4.69) is 21.9 Å². The topological polar surface area (TPSA) is 72.5 Å². The van der Waals surface area contributed by atoms with Gasteiger partial charge in [0.1, 0.15) is 11.9 Å². The Kier molecular flexibility index (Phi) is 4.40. The molecule has 0 aliphatic heterocycles. The van der Waals surface area contributed by atoms with E-state index in [0.717, 1.165) is 0 Å². The Morgan fingerprint density at radius 2 is 2.25 bits per heavy atom. The van der Waals surface area contributed by atoms with Crippen molar-refractivity contribution in [1.82, 2.24) is 0 Å². The fourth-order valence-electron chi connectivity index (χ4n) is 1.03. The zero-order valence-electron chi connectivity index (χ0n) is 8.31. The monoisotopic (exact) mass is 214 g/mol. The van der Waals surface area contributed by atoms with Crippen molar-refractivity contribution in [1.29, 1.82) is 5.26 Å². The van der Waals surface area contributed by atoms with Gasteiger partial charge in [-0.05, 0) is 23.7 Å². The lowest BCUT2D eigenvalue weighted by atomic mass is 10.1. The molecule has 0 fully saturated rings. The van der Waals surface area contributed by atoms with Crippen molar-refractivity contribution in [2.24, 2.45) is 5.11 Å². The molecule has 0 aliphatic carbocycles. The van der Waals surface area contributed by atoms with Gasteiger partial charge in [0.2, 0.25) is 0 Å². The van der Waals surface area contributed by atoms with Crippen molar-refractivity contribution in [3.63, 3.8) is 0 Å². The van der Waals surface area contributed by atoms with E-state index >= 15 is 0 Å². The van der Waals surface area contributed by atoms with Crippen LogP contribution in [-0.2, 0) is 0 Å². The smallest absolute Gasteiger partial charge is 0.124 e. The van der Waals surface area contributed by atoms with Crippen molar-refractivity contribution in [2.45, 2.75) is 6.42 Å². The lowest BCUT2D eigenvalue weighted by Crippen LogP contribution is -1.85. The quantitative estimate of drug-likeness (QED) is 0.245. The molecule has 0 atom stereocenters. The maximum Gasteiger partial charge on any atom is 0.124 e. The molecule has 4 nitrogen and oxygen atoms in total. The van der Waals surface area contributed by atoms with Gasteiger partial charge in [0, 0.05) is 23.4 Å². The summed E-state index contributed by atoms with van der Waals surface area (Å²) in [7, 11) is 0. The summed E-state index contributed by atoms with van der Waals surface area (Å²) in [5.74, 6) is 4.94. The second-order valence-corrected chi connectivity index (χ2v) is 2.81. The van der Waals surface area contributed by atoms with Gasteiger partial charge in [-0.15, -0.1) is 0 Å². The summed E-state index contributed by atoms with van der Waals surface area (Å²) >= 11 is 0. The molecule has 0 unspecified atom stereocenters. The summed E-state index contributed by atoms with van der Waals surface area (Å²) in [5, 5.41) is 12.0. The van der Waals surface area contributed by atoms with Crippen molar-refractivity contribution >= 4 is 0 Å². The molecule has 1 aromatic carbocycles. The van der Waals surface area contributed by atoms with E-state index in [0.29, 0.717) is 17.5 Å². The summed E-state index contributed by atoms with van der Waals surface area (Å²) in [6.07, 6.45) is 0.380. The van der Waals surface area contributed by atoms with Crippen LogP contribution in [0.4, 0.5) is 4.39 Å². The molecule has 0 saturated heterocycles. The van der Waals surface area contributed by atoms with Crippen molar-refractivity contribution in [3.05, 3.63) is 45.6 Å². The Labute approximate surface area is 91.9 Å².